The third kappa shape index (κ3) is 3.71. The summed E-state index contributed by atoms with van der Waals surface area (Å²) in [6.07, 6.45) is 6.39. The smallest absolute Gasteiger partial charge is 0.192 e. The van der Waals surface area contributed by atoms with Crippen LogP contribution in [0, 0.1) is 22.2 Å². The number of hydrogen-bond donors (Lipinski definition) is 0. The molecule has 3 unspecified atom stereocenters. The van der Waals surface area contributed by atoms with Gasteiger partial charge in [-0.1, -0.05) is 34.6 Å². The van der Waals surface area contributed by atoms with Crippen molar-refractivity contribution >= 4 is 20.4 Å². The minimum Gasteiger partial charge on any atom is -0.409 e. The second kappa shape index (κ2) is 7.49. The highest BCUT2D eigenvalue weighted by Gasteiger charge is 2.65. The molecule has 1 heterocycles. The summed E-state index contributed by atoms with van der Waals surface area (Å²) in [4.78, 5) is 24.9. The molecule has 5 heteroatoms. The lowest BCUT2D eigenvalue weighted by Crippen LogP contribution is -2.65. The van der Waals surface area contributed by atoms with Crippen molar-refractivity contribution in [2.45, 2.75) is 130 Å². The molecule has 31 heavy (non-hydrogen) atoms. The summed E-state index contributed by atoms with van der Waals surface area (Å²) in [6.45, 7) is 22.3. The Morgan fingerprint density at radius 1 is 1.03 bits per heavy atom. The van der Waals surface area contributed by atoms with Gasteiger partial charge < -0.3 is 14.0 Å². The third-order valence-electron chi connectivity index (χ3n) is 10.3. The number of aldehydes is 1. The molecule has 3 fully saturated rings. The maximum atomic E-state index is 12.8. The Hall–Kier alpha value is -0.523. The van der Waals surface area contributed by atoms with E-state index in [-0.39, 0.29) is 39.5 Å². The zero-order valence-electron chi connectivity index (χ0n) is 21.7. The van der Waals surface area contributed by atoms with Crippen LogP contribution in [-0.4, -0.2) is 38.2 Å². The Balaban J connectivity index is 1.84. The highest BCUT2D eigenvalue weighted by molar-refractivity contribution is 6.74. The molecule has 3 aliphatic rings. The number of fused-ring (bicyclic) bond motifs is 3. The number of rotatable bonds is 4. The molecule has 1 saturated heterocycles. The number of carbonyl (C=O) groups is 2. The van der Waals surface area contributed by atoms with Gasteiger partial charge in [-0.25, -0.2) is 0 Å². The molecule has 0 spiro atoms. The Morgan fingerprint density at radius 3 is 2.19 bits per heavy atom. The molecule has 0 aromatic rings. The number of ether oxygens (including phenoxy) is 1. The number of ketones is 1. The summed E-state index contributed by atoms with van der Waals surface area (Å²) in [6, 6.07) is 0. The molecule has 4 nitrogen and oxygen atoms in total. The van der Waals surface area contributed by atoms with Crippen molar-refractivity contribution in [3.05, 3.63) is 0 Å². The molecule has 1 aliphatic heterocycles. The third-order valence-corrected chi connectivity index (χ3v) is 14.9. The van der Waals surface area contributed by atoms with Gasteiger partial charge in [0.2, 0.25) is 0 Å². The summed E-state index contributed by atoms with van der Waals surface area (Å²) in [5.41, 5.74) is -1.48. The number of hydrogen-bond acceptors (Lipinski definition) is 4. The Labute approximate surface area is 191 Å². The van der Waals surface area contributed by atoms with Crippen molar-refractivity contribution in [3.63, 3.8) is 0 Å². The van der Waals surface area contributed by atoms with Crippen LogP contribution in [0.3, 0.4) is 0 Å². The van der Waals surface area contributed by atoms with Crippen molar-refractivity contribution in [2.24, 2.45) is 22.2 Å². The molecule has 0 N–H and O–H groups in total. The summed E-state index contributed by atoms with van der Waals surface area (Å²) < 4.78 is 13.7. The lowest BCUT2D eigenvalue weighted by molar-refractivity contribution is -0.241. The lowest BCUT2D eigenvalue weighted by atomic mass is 9.41. The molecule has 178 valence electrons. The molecule has 2 aliphatic carbocycles. The summed E-state index contributed by atoms with van der Waals surface area (Å²) in [5.74, 6) is 0.457. The molecule has 0 bridgehead atoms. The van der Waals surface area contributed by atoms with E-state index in [2.05, 4.69) is 61.6 Å². The van der Waals surface area contributed by atoms with E-state index < -0.39 is 13.7 Å². The lowest BCUT2D eigenvalue weighted by Gasteiger charge is -2.64. The highest BCUT2D eigenvalue weighted by Crippen LogP contribution is 2.66. The zero-order valence-corrected chi connectivity index (χ0v) is 22.7. The minimum atomic E-state index is -1.91. The van der Waals surface area contributed by atoms with E-state index >= 15 is 0 Å². The first kappa shape index (κ1) is 25.1. The van der Waals surface area contributed by atoms with Crippen LogP contribution in [0.2, 0.25) is 18.1 Å². The Kier molecular flexibility index (Phi) is 6.07. The van der Waals surface area contributed by atoms with Crippen LogP contribution in [0.15, 0.2) is 0 Å². The van der Waals surface area contributed by atoms with Crippen LogP contribution in [0.5, 0.6) is 0 Å². The van der Waals surface area contributed by atoms with E-state index in [1.54, 1.807) is 0 Å². The molecular weight excluding hydrogens is 404 g/mol. The summed E-state index contributed by atoms with van der Waals surface area (Å²) in [7, 11) is -1.91. The van der Waals surface area contributed by atoms with Crippen molar-refractivity contribution in [1.29, 1.82) is 0 Å². The van der Waals surface area contributed by atoms with Gasteiger partial charge in [-0.3, -0.25) is 4.79 Å². The first-order valence-corrected chi connectivity index (χ1v) is 15.2. The van der Waals surface area contributed by atoms with Crippen molar-refractivity contribution in [2.75, 3.05) is 0 Å². The zero-order chi connectivity index (χ0) is 23.7. The first-order chi connectivity index (χ1) is 13.9. The van der Waals surface area contributed by atoms with Gasteiger partial charge in [0.15, 0.2) is 8.32 Å². The second-order valence-corrected chi connectivity index (χ2v) is 18.1. The normalized spacial score (nSPS) is 42.0. The number of Topliss-reactive ketones (excluding diaryl/α,β-unsaturated/α-hetero) is 1. The second-order valence-electron chi connectivity index (χ2n) is 13.4. The van der Waals surface area contributed by atoms with Gasteiger partial charge in [-0.2, -0.15) is 0 Å². The summed E-state index contributed by atoms with van der Waals surface area (Å²) >= 11 is 0. The predicted molar refractivity (Wildman–Crippen MR) is 128 cm³/mol. The van der Waals surface area contributed by atoms with Gasteiger partial charge >= 0.3 is 0 Å². The van der Waals surface area contributed by atoms with Gasteiger partial charge in [0.25, 0.3) is 0 Å². The molecule has 0 aromatic carbocycles. The van der Waals surface area contributed by atoms with Gasteiger partial charge in [0.05, 0.1) is 23.2 Å². The standard InChI is InChI=1S/C26H46O4Si/c1-22(2,3)31(9,10)30-23(4,5)20-13-15-24(6)18-11-12-19(28)26(8,17-27)25(18,7)16-14-21(24)29-20/h17-18,20-21H,11-16H2,1-10H3/t18?,20?,21?,24-,25-,26-/m0/s1. The molecule has 0 amide bonds. The van der Waals surface area contributed by atoms with Crippen molar-refractivity contribution in [3.8, 4) is 0 Å². The Bertz CT molecular complexity index is 738. The molecular formula is C26H46O4Si. The number of carbonyl (C=O) groups excluding carboxylic acids is 2. The minimum absolute atomic E-state index is 0.00151. The molecule has 0 aromatic heterocycles. The van der Waals surface area contributed by atoms with E-state index in [0.717, 1.165) is 38.4 Å². The monoisotopic (exact) mass is 450 g/mol. The van der Waals surface area contributed by atoms with Gasteiger partial charge in [0, 0.05) is 6.42 Å². The average Bonchev–Trinajstić information content (AvgIpc) is 2.63. The quantitative estimate of drug-likeness (QED) is 0.285. The first-order valence-electron chi connectivity index (χ1n) is 12.3. The Morgan fingerprint density at radius 2 is 1.65 bits per heavy atom. The maximum absolute atomic E-state index is 12.8. The highest BCUT2D eigenvalue weighted by atomic mass is 28.4. The van der Waals surface area contributed by atoms with Gasteiger partial charge in [-0.15, -0.1) is 0 Å². The molecule has 6 atom stereocenters. The van der Waals surface area contributed by atoms with Crippen LogP contribution in [0.1, 0.15) is 93.9 Å². The van der Waals surface area contributed by atoms with Gasteiger partial charge in [0.1, 0.15) is 12.1 Å². The van der Waals surface area contributed by atoms with Crippen molar-refractivity contribution in [1.82, 2.24) is 0 Å². The van der Waals surface area contributed by atoms with Crippen LogP contribution in [-0.2, 0) is 18.8 Å². The predicted octanol–water partition coefficient (Wildman–Crippen LogP) is 6.33. The van der Waals surface area contributed by atoms with Gasteiger partial charge in [-0.05, 0) is 87.8 Å². The van der Waals surface area contributed by atoms with E-state index in [4.69, 9.17) is 9.16 Å². The van der Waals surface area contributed by atoms with Crippen LogP contribution >= 0.6 is 0 Å². The van der Waals surface area contributed by atoms with E-state index in [9.17, 15) is 9.59 Å². The molecule has 3 rings (SSSR count). The van der Waals surface area contributed by atoms with Crippen molar-refractivity contribution < 1.29 is 18.8 Å². The van der Waals surface area contributed by atoms with Crippen LogP contribution in [0.4, 0.5) is 0 Å². The van der Waals surface area contributed by atoms with Crippen LogP contribution < -0.4 is 0 Å². The van der Waals surface area contributed by atoms with E-state index in [1.807, 2.05) is 6.92 Å². The molecule has 2 saturated carbocycles. The fraction of sp³-hybridized carbons (Fsp3) is 0.923. The van der Waals surface area contributed by atoms with E-state index in [0.29, 0.717) is 12.3 Å². The molecule has 0 radical (unpaired) electrons. The summed E-state index contributed by atoms with van der Waals surface area (Å²) in [5, 5.41) is 0.161. The topological polar surface area (TPSA) is 52.6 Å². The fourth-order valence-electron chi connectivity index (χ4n) is 6.87. The fourth-order valence-corrected chi connectivity index (χ4v) is 8.62. The van der Waals surface area contributed by atoms with Crippen LogP contribution in [0.25, 0.3) is 0 Å². The maximum Gasteiger partial charge on any atom is 0.192 e. The van der Waals surface area contributed by atoms with E-state index in [1.165, 1.54) is 0 Å². The SMILES string of the molecule is CC(C)(O[Si](C)(C)C(C)(C)C)C1CC[C@]2(C)C(CC[C@@]3(C)C2CCC(=O)[C@]3(C)C=O)O1. The average molecular weight is 451 g/mol. The largest absolute Gasteiger partial charge is 0.409 e.